The van der Waals surface area contributed by atoms with Gasteiger partial charge in [-0.15, -0.1) is 0 Å². The van der Waals surface area contributed by atoms with Crippen molar-refractivity contribution in [2.24, 2.45) is 0 Å². The molecule has 0 saturated heterocycles. The summed E-state index contributed by atoms with van der Waals surface area (Å²) in [6, 6.07) is 80.3. The van der Waals surface area contributed by atoms with E-state index in [2.05, 4.69) is 228 Å². The number of anilines is 3. The van der Waals surface area contributed by atoms with Gasteiger partial charge in [0.25, 0.3) is 0 Å². The Balaban J connectivity index is 1.06. The molecule has 3 nitrogen and oxygen atoms in total. The summed E-state index contributed by atoms with van der Waals surface area (Å²) in [4.78, 5) is 2.41. The van der Waals surface area contributed by atoms with Gasteiger partial charge in [-0.05, 0) is 122 Å². The zero-order valence-corrected chi connectivity index (χ0v) is 33.6. The number of rotatable bonds is 4. The SMILES string of the molecule is c1ccc(N(c2ccc(-c3ccc4ccccc4c3)cc2)c2ccc3c(c2)C2(c4ccccc4-3)c3ccccc3-n3c4ccccc4c4c5oc6ccccc6c5cc2c43)cc1. The summed E-state index contributed by atoms with van der Waals surface area (Å²) in [5.41, 5.74) is 18.2. The van der Waals surface area contributed by atoms with Gasteiger partial charge in [-0.1, -0.05) is 152 Å². The number of hydrogen-bond acceptors (Lipinski definition) is 2. The number of nitrogens with zero attached hydrogens (tertiary/aromatic N) is 2. The average Bonchev–Trinajstić information content (AvgIpc) is 3.98. The fourth-order valence-corrected chi connectivity index (χ4v) is 11.2. The van der Waals surface area contributed by atoms with Gasteiger partial charge in [0, 0.05) is 33.2 Å². The number of furan rings is 1. The van der Waals surface area contributed by atoms with Crippen LogP contribution in [0.4, 0.5) is 17.1 Å². The second-order valence-electron chi connectivity index (χ2n) is 16.8. The summed E-state index contributed by atoms with van der Waals surface area (Å²) in [7, 11) is 0. The van der Waals surface area contributed by atoms with Crippen molar-refractivity contribution in [3.63, 3.8) is 0 Å². The lowest BCUT2D eigenvalue weighted by molar-refractivity contribution is 0.672. The number of fused-ring (bicyclic) bond motifs is 17. The van der Waals surface area contributed by atoms with E-state index in [0.717, 1.165) is 44.4 Å². The van der Waals surface area contributed by atoms with Crippen molar-refractivity contribution >= 4 is 71.6 Å². The van der Waals surface area contributed by atoms with E-state index in [1.165, 1.54) is 77.4 Å². The Kier molecular flexibility index (Phi) is 6.76. The monoisotopic (exact) mass is 788 g/mol. The third-order valence-electron chi connectivity index (χ3n) is 13.7. The van der Waals surface area contributed by atoms with Crippen LogP contribution in [-0.4, -0.2) is 4.57 Å². The zero-order chi connectivity index (χ0) is 40.5. The number of aromatic nitrogens is 1. The summed E-state index contributed by atoms with van der Waals surface area (Å²) in [6.45, 7) is 0. The van der Waals surface area contributed by atoms with E-state index in [9.17, 15) is 0 Å². The van der Waals surface area contributed by atoms with Crippen molar-refractivity contribution in [3.05, 3.63) is 241 Å². The first-order valence-electron chi connectivity index (χ1n) is 21.4. The van der Waals surface area contributed by atoms with Crippen LogP contribution in [0.5, 0.6) is 0 Å². The van der Waals surface area contributed by atoms with Crippen molar-refractivity contribution in [1.29, 1.82) is 0 Å². The quantitative estimate of drug-likeness (QED) is 0.177. The summed E-state index contributed by atoms with van der Waals surface area (Å²) >= 11 is 0. The van der Waals surface area contributed by atoms with Crippen LogP contribution < -0.4 is 4.90 Å². The minimum absolute atomic E-state index is 0.629. The van der Waals surface area contributed by atoms with Crippen LogP contribution in [0.2, 0.25) is 0 Å². The molecular weight excluding hydrogens is 753 g/mol. The highest BCUT2D eigenvalue weighted by molar-refractivity contribution is 6.26. The molecule has 0 bridgehead atoms. The first kappa shape index (κ1) is 33.7. The van der Waals surface area contributed by atoms with Gasteiger partial charge in [-0.2, -0.15) is 0 Å². The fourth-order valence-electron chi connectivity index (χ4n) is 11.2. The second-order valence-corrected chi connectivity index (χ2v) is 16.8. The van der Waals surface area contributed by atoms with Gasteiger partial charge in [-0.3, -0.25) is 0 Å². The maximum absolute atomic E-state index is 6.87. The van der Waals surface area contributed by atoms with Gasteiger partial charge in [0.2, 0.25) is 0 Å². The lowest BCUT2D eigenvalue weighted by atomic mass is 9.65. The predicted molar refractivity (Wildman–Crippen MR) is 257 cm³/mol. The molecule has 0 saturated carbocycles. The van der Waals surface area contributed by atoms with Crippen molar-refractivity contribution in [2.75, 3.05) is 4.90 Å². The van der Waals surface area contributed by atoms with Gasteiger partial charge in [0.05, 0.1) is 27.5 Å². The van der Waals surface area contributed by atoms with E-state index in [-0.39, 0.29) is 0 Å². The fraction of sp³-hybridized carbons (Fsp3) is 0.0169. The molecule has 1 aliphatic carbocycles. The van der Waals surface area contributed by atoms with E-state index >= 15 is 0 Å². The zero-order valence-electron chi connectivity index (χ0n) is 33.6. The first-order valence-corrected chi connectivity index (χ1v) is 21.4. The number of benzene rings is 10. The van der Waals surface area contributed by atoms with E-state index in [4.69, 9.17) is 4.42 Å². The molecule has 2 aromatic heterocycles. The van der Waals surface area contributed by atoms with Crippen LogP contribution in [0.15, 0.2) is 223 Å². The Hall–Kier alpha value is -8.14. The van der Waals surface area contributed by atoms with E-state index in [0.29, 0.717) is 0 Å². The standard InChI is InChI=1S/C59H36N2O/c1-2-16-41(17-3-1)60(42-30-28-38(29-31-42)40-27-26-37-14-4-5-15-39(37)34-40)43-32-33-45-44-18-6-9-21-49(44)59(51(45)35-43)50-22-10-12-24-54(50)61-53-23-11-7-20-47(53)56-57(61)52(59)36-48-46-19-8-13-25-55(46)62-58(48)56/h1-36H. The summed E-state index contributed by atoms with van der Waals surface area (Å²) in [6.07, 6.45) is 0. The molecule has 1 atom stereocenters. The lowest BCUT2D eigenvalue weighted by Crippen LogP contribution is -2.33. The molecule has 1 aliphatic heterocycles. The minimum Gasteiger partial charge on any atom is -0.455 e. The molecule has 10 aromatic carbocycles. The highest BCUT2D eigenvalue weighted by Crippen LogP contribution is 2.62. The molecule has 288 valence electrons. The Morgan fingerprint density at radius 1 is 0.403 bits per heavy atom. The molecule has 3 heteroatoms. The Morgan fingerprint density at radius 2 is 1.06 bits per heavy atom. The summed E-state index contributed by atoms with van der Waals surface area (Å²) in [5, 5.41) is 7.13. The van der Waals surface area contributed by atoms with Crippen LogP contribution in [-0.2, 0) is 5.41 Å². The number of hydrogen-bond donors (Lipinski definition) is 0. The molecule has 12 aromatic rings. The molecule has 0 fully saturated rings. The average molecular weight is 789 g/mol. The Morgan fingerprint density at radius 3 is 1.95 bits per heavy atom. The van der Waals surface area contributed by atoms with Gasteiger partial charge in [0.1, 0.15) is 11.2 Å². The van der Waals surface area contributed by atoms with Crippen molar-refractivity contribution in [3.8, 4) is 27.9 Å². The van der Waals surface area contributed by atoms with Crippen molar-refractivity contribution in [2.45, 2.75) is 5.41 Å². The molecule has 0 radical (unpaired) electrons. The van der Waals surface area contributed by atoms with Crippen LogP contribution in [0.1, 0.15) is 22.3 Å². The van der Waals surface area contributed by atoms with Crippen LogP contribution >= 0.6 is 0 Å². The molecule has 62 heavy (non-hydrogen) atoms. The highest BCUT2D eigenvalue weighted by atomic mass is 16.3. The largest absolute Gasteiger partial charge is 0.455 e. The molecule has 3 heterocycles. The van der Waals surface area contributed by atoms with E-state index < -0.39 is 5.41 Å². The summed E-state index contributed by atoms with van der Waals surface area (Å²) < 4.78 is 9.38. The van der Waals surface area contributed by atoms with Crippen LogP contribution in [0, 0.1) is 0 Å². The molecule has 1 spiro atoms. The smallest absolute Gasteiger partial charge is 0.145 e. The van der Waals surface area contributed by atoms with Crippen molar-refractivity contribution < 1.29 is 4.42 Å². The van der Waals surface area contributed by atoms with Gasteiger partial charge in [0.15, 0.2) is 0 Å². The molecular formula is C59H36N2O. The highest BCUT2D eigenvalue weighted by Gasteiger charge is 2.51. The predicted octanol–water partition coefficient (Wildman–Crippen LogP) is 15.6. The molecule has 14 rings (SSSR count). The van der Waals surface area contributed by atoms with Gasteiger partial charge < -0.3 is 13.9 Å². The Bertz CT molecular complexity index is 3820. The summed E-state index contributed by atoms with van der Waals surface area (Å²) in [5.74, 6) is 0. The maximum Gasteiger partial charge on any atom is 0.145 e. The Labute approximate surface area is 358 Å². The van der Waals surface area contributed by atoms with E-state index in [1.807, 2.05) is 0 Å². The van der Waals surface area contributed by atoms with Crippen LogP contribution in [0.3, 0.4) is 0 Å². The number of para-hydroxylation sites is 4. The maximum atomic E-state index is 6.87. The lowest BCUT2D eigenvalue weighted by Gasteiger charge is -2.40. The van der Waals surface area contributed by atoms with Gasteiger partial charge >= 0.3 is 0 Å². The second kappa shape index (κ2) is 12.4. The molecule has 0 amide bonds. The third kappa shape index (κ3) is 4.39. The normalized spacial score (nSPS) is 14.8. The first-order chi connectivity index (χ1) is 30.8. The van der Waals surface area contributed by atoms with Crippen molar-refractivity contribution in [1.82, 2.24) is 4.57 Å². The topological polar surface area (TPSA) is 21.3 Å². The molecule has 2 aliphatic rings. The molecule has 0 N–H and O–H groups in total. The minimum atomic E-state index is -0.629. The molecule has 1 unspecified atom stereocenters. The third-order valence-corrected chi connectivity index (χ3v) is 13.7. The van der Waals surface area contributed by atoms with Crippen LogP contribution in [0.25, 0.3) is 82.5 Å². The van der Waals surface area contributed by atoms with E-state index in [1.54, 1.807) is 0 Å². The van der Waals surface area contributed by atoms with Gasteiger partial charge in [-0.25, -0.2) is 0 Å².